The van der Waals surface area contributed by atoms with Crippen LogP contribution in [0.15, 0.2) is 42.5 Å². The molecule has 1 N–H and O–H groups in total. The predicted molar refractivity (Wildman–Crippen MR) is 92.7 cm³/mol. The van der Waals surface area contributed by atoms with Crippen molar-refractivity contribution in [3.8, 4) is 0 Å². The van der Waals surface area contributed by atoms with E-state index in [4.69, 9.17) is 11.6 Å². The Bertz CT molecular complexity index is 596. The number of halogens is 1. The summed E-state index contributed by atoms with van der Waals surface area (Å²) in [7, 11) is 2.05. The highest BCUT2D eigenvalue weighted by Gasteiger charge is 2.09. The molecule has 112 valence electrons. The fourth-order valence-electron chi connectivity index (χ4n) is 2.32. The Hall–Kier alpha value is -1.51. The molecule has 2 aromatic rings. The minimum Gasteiger partial charge on any atom is -0.343 e. The number of hydrogen-bond donors (Lipinski definition) is 1. The molecule has 0 aliphatic heterocycles. The van der Waals surface area contributed by atoms with Crippen LogP contribution in [0.3, 0.4) is 0 Å². The van der Waals surface area contributed by atoms with Crippen molar-refractivity contribution >= 4 is 23.0 Å². The van der Waals surface area contributed by atoms with Gasteiger partial charge >= 0.3 is 0 Å². The summed E-state index contributed by atoms with van der Waals surface area (Å²) >= 11 is 6.46. The van der Waals surface area contributed by atoms with E-state index in [1.165, 1.54) is 11.1 Å². The second kappa shape index (κ2) is 7.48. The number of benzene rings is 2. The van der Waals surface area contributed by atoms with Gasteiger partial charge in [0, 0.05) is 19.3 Å². The molecule has 0 radical (unpaired) electrons. The smallest absolute Gasteiger partial charge is 0.0646 e. The van der Waals surface area contributed by atoms with Crippen LogP contribution in [0.4, 0.5) is 11.4 Å². The molecule has 0 bridgehead atoms. The van der Waals surface area contributed by atoms with Gasteiger partial charge in [0.1, 0.15) is 0 Å². The zero-order valence-electron chi connectivity index (χ0n) is 13.0. The Balaban J connectivity index is 2.16. The van der Waals surface area contributed by atoms with Gasteiger partial charge in [0.05, 0.1) is 10.7 Å². The molecule has 21 heavy (non-hydrogen) atoms. The molecule has 0 saturated heterocycles. The minimum atomic E-state index is 0.787. The summed E-state index contributed by atoms with van der Waals surface area (Å²) in [5.74, 6) is 0. The lowest BCUT2D eigenvalue weighted by Crippen LogP contribution is -2.14. The van der Waals surface area contributed by atoms with E-state index in [2.05, 4.69) is 60.5 Å². The minimum absolute atomic E-state index is 0.787. The third-order valence-electron chi connectivity index (χ3n) is 3.52. The van der Waals surface area contributed by atoms with Crippen molar-refractivity contribution in [1.82, 2.24) is 5.32 Å². The van der Waals surface area contributed by atoms with Crippen molar-refractivity contribution in [2.24, 2.45) is 0 Å². The summed E-state index contributed by atoms with van der Waals surface area (Å²) in [6, 6.07) is 14.7. The van der Waals surface area contributed by atoms with E-state index in [1.807, 2.05) is 13.1 Å². The van der Waals surface area contributed by atoms with Crippen molar-refractivity contribution in [3.63, 3.8) is 0 Å². The molecule has 3 heteroatoms. The van der Waals surface area contributed by atoms with Gasteiger partial charge in [-0.3, -0.25) is 0 Å². The van der Waals surface area contributed by atoms with Gasteiger partial charge in [-0.25, -0.2) is 0 Å². The van der Waals surface area contributed by atoms with Crippen molar-refractivity contribution in [2.75, 3.05) is 18.5 Å². The van der Waals surface area contributed by atoms with E-state index in [1.54, 1.807) is 0 Å². The third-order valence-corrected chi connectivity index (χ3v) is 3.82. The van der Waals surface area contributed by atoms with E-state index in [0.29, 0.717) is 0 Å². The van der Waals surface area contributed by atoms with Gasteiger partial charge in [0.2, 0.25) is 0 Å². The van der Waals surface area contributed by atoms with E-state index >= 15 is 0 Å². The summed E-state index contributed by atoms with van der Waals surface area (Å²) in [5.41, 5.74) is 4.64. The van der Waals surface area contributed by atoms with Crippen molar-refractivity contribution in [1.29, 1.82) is 0 Å². The van der Waals surface area contributed by atoms with Crippen LogP contribution in [0.5, 0.6) is 0 Å². The largest absolute Gasteiger partial charge is 0.343 e. The van der Waals surface area contributed by atoms with Gasteiger partial charge in [0.15, 0.2) is 0 Å². The molecule has 0 unspecified atom stereocenters. The Labute approximate surface area is 132 Å². The quantitative estimate of drug-likeness (QED) is 0.762. The van der Waals surface area contributed by atoms with Crippen LogP contribution in [0.2, 0.25) is 5.02 Å². The maximum absolute atomic E-state index is 6.46. The SMILES string of the molecule is CCCNCc1ccc(N(C)c2cccc(C)c2)c(Cl)c1. The summed E-state index contributed by atoms with van der Waals surface area (Å²) < 4.78 is 0. The monoisotopic (exact) mass is 302 g/mol. The molecule has 0 atom stereocenters. The van der Waals surface area contributed by atoms with E-state index in [-0.39, 0.29) is 0 Å². The van der Waals surface area contributed by atoms with Crippen LogP contribution in [-0.2, 0) is 6.54 Å². The number of hydrogen-bond acceptors (Lipinski definition) is 2. The maximum atomic E-state index is 6.46. The Morgan fingerprint density at radius 1 is 1.14 bits per heavy atom. The van der Waals surface area contributed by atoms with Gasteiger partial charge < -0.3 is 10.2 Å². The van der Waals surface area contributed by atoms with Crippen LogP contribution in [0.25, 0.3) is 0 Å². The van der Waals surface area contributed by atoms with Crippen LogP contribution in [0, 0.1) is 6.92 Å². The molecular weight excluding hydrogens is 280 g/mol. The first-order valence-corrected chi connectivity index (χ1v) is 7.79. The molecule has 0 saturated carbocycles. The molecular formula is C18H23ClN2. The third kappa shape index (κ3) is 4.23. The molecule has 0 aliphatic carbocycles. The molecule has 0 heterocycles. The molecule has 0 aliphatic rings. The lowest BCUT2D eigenvalue weighted by Gasteiger charge is -2.21. The summed E-state index contributed by atoms with van der Waals surface area (Å²) in [6.45, 7) is 6.16. The van der Waals surface area contributed by atoms with E-state index in [0.717, 1.165) is 35.9 Å². The van der Waals surface area contributed by atoms with E-state index < -0.39 is 0 Å². The van der Waals surface area contributed by atoms with Crippen LogP contribution < -0.4 is 10.2 Å². The van der Waals surface area contributed by atoms with Crippen molar-refractivity contribution in [3.05, 3.63) is 58.6 Å². The first-order chi connectivity index (χ1) is 10.1. The molecule has 2 nitrogen and oxygen atoms in total. The highest BCUT2D eigenvalue weighted by molar-refractivity contribution is 6.33. The first kappa shape index (κ1) is 15.9. The molecule has 0 aromatic heterocycles. The van der Waals surface area contributed by atoms with Crippen LogP contribution in [-0.4, -0.2) is 13.6 Å². The van der Waals surface area contributed by atoms with E-state index in [9.17, 15) is 0 Å². The highest BCUT2D eigenvalue weighted by atomic mass is 35.5. The average molecular weight is 303 g/mol. The second-order valence-electron chi connectivity index (χ2n) is 5.36. The van der Waals surface area contributed by atoms with Crippen LogP contribution in [0.1, 0.15) is 24.5 Å². The maximum Gasteiger partial charge on any atom is 0.0646 e. The fraction of sp³-hybridized carbons (Fsp3) is 0.333. The lowest BCUT2D eigenvalue weighted by molar-refractivity contribution is 0.675. The standard InChI is InChI=1S/C18H23ClN2/c1-4-10-20-13-15-8-9-18(17(19)12-15)21(3)16-7-5-6-14(2)11-16/h5-9,11-12,20H,4,10,13H2,1-3H3. The number of nitrogens with one attached hydrogen (secondary N) is 1. The van der Waals surface area contributed by atoms with Gasteiger partial charge in [-0.2, -0.15) is 0 Å². The molecule has 0 amide bonds. The first-order valence-electron chi connectivity index (χ1n) is 7.41. The molecule has 0 spiro atoms. The number of rotatable bonds is 6. The Kier molecular flexibility index (Phi) is 5.66. The van der Waals surface area contributed by atoms with Crippen LogP contribution >= 0.6 is 11.6 Å². The number of anilines is 2. The second-order valence-corrected chi connectivity index (χ2v) is 5.77. The number of aryl methyl sites for hydroxylation is 1. The molecule has 2 aromatic carbocycles. The topological polar surface area (TPSA) is 15.3 Å². The Morgan fingerprint density at radius 2 is 1.95 bits per heavy atom. The number of nitrogens with zero attached hydrogens (tertiary/aromatic N) is 1. The zero-order chi connectivity index (χ0) is 15.2. The normalized spacial score (nSPS) is 10.7. The summed E-state index contributed by atoms with van der Waals surface area (Å²) in [5, 5.41) is 4.18. The molecule has 0 fully saturated rings. The fourth-order valence-corrected chi connectivity index (χ4v) is 2.65. The lowest BCUT2D eigenvalue weighted by atomic mass is 10.1. The van der Waals surface area contributed by atoms with Gasteiger partial charge in [-0.15, -0.1) is 0 Å². The summed E-state index contributed by atoms with van der Waals surface area (Å²) in [6.07, 6.45) is 1.14. The Morgan fingerprint density at radius 3 is 2.62 bits per heavy atom. The van der Waals surface area contributed by atoms with Gasteiger partial charge in [-0.05, 0) is 55.3 Å². The van der Waals surface area contributed by atoms with Gasteiger partial charge in [0.25, 0.3) is 0 Å². The average Bonchev–Trinajstić information content (AvgIpc) is 2.47. The zero-order valence-corrected chi connectivity index (χ0v) is 13.7. The summed E-state index contributed by atoms with van der Waals surface area (Å²) in [4.78, 5) is 2.12. The highest BCUT2D eigenvalue weighted by Crippen LogP contribution is 2.31. The molecule has 2 rings (SSSR count). The van der Waals surface area contributed by atoms with Crippen molar-refractivity contribution < 1.29 is 0 Å². The van der Waals surface area contributed by atoms with Gasteiger partial charge in [-0.1, -0.05) is 36.7 Å². The van der Waals surface area contributed by atoms with Crippen molar-refractivity contribution in [2.45, 2.75) is 26.8 Å². The predicted octanol–water partition coefficient (Wildman–Crippen LogP) is 4.92.